The van der Waals surface area contributed by atoms with Crippen molar-refractivity contribution in [3.8, 4) is 11.5 Å². The number of hydrogen-bond donors (Lipinski definition) is 1. The Bertz CT molecular complexity index is 850. The summed E-state index contributed by atoms with van der Waals surface area (Å²) >= 11 is 0. The summed E-state index contributed by atoms with van der Waals surface area (Å²) in [6.07, 6.45) is 0. The van der Waals surface area contributed by atoms with Crippen molar-refractivity contribution in [2.45, 2.75) is 13.8 Å². The Hall–Kier alpha value is -2.69. The molecular formula is C16H12FNO3. The first kappa shape index (κ1) is 13.3. The van der Waals surface area contributed by atoms with Gasteiger partial charge in [-0.05, 0) is 26.0 Å². The molecular weight excluding hydrogens is 273 g/mol. The van der Waals surface area contributed by atoms with Crippen molar-refractivity contribution in [2.75, 3.05) is 0 Å². The van der Waals surface area contributed by atoms with Crippen LogP contribution in [0.5, 0.6) is 0 Å². The highest BCUT2D eigenvalue weighted by Gasteiger charge is 2.21. The zero-order valence-corrected chi connectivity index (χ0v) is 11.5. The first-order chi connectivity index (χ1) is 9.97. The minimum atomic E-state index is -1.23. The number of carboxylic acid groups (broad SMARTS) is 1. The van der Waals surface area contributed by atoms with Crippen LogP contribution in [0.15, 0.2) is 34.7 Å². The van der Waals surface area contributed by atoms with Crippen LogP contribution in [-0.2, 0) is 0 Å². The maximum Gasteiger partial charge on any atom is 0.339 e. The van der Waals surface area contributed by atoms with E-state index in [0.29, 0.717) is 5.56 Å². The van der Waals surface area contributed by atoms with Gasteiger partial charge in [0.25, 0.3) is 0 Å². The van der Waals surface area contributed by atoms with Crippen LogP contribution in [0.1, 0.15) is 21.5 Å². The van der Waals surface area contributed by atoms with Gasteiger partial charge in [0, 0.05) is 17.2 Å². The van der Waals surface area contributed by atoms with Crippen molar-refractivity contribution in [2.24, 2.45) is 0 Å². The number of fused-ring (bicyclic) bond motifs is 1. The second-order valence-electron chi connectivity index (χ2n) is 4.90. The van der Waals surface area contributed by atoms with Gasteiger partial charge in [0.1, 0.15) is 16.9 Å². The Balaban J connectivity index is 2.27. The molecule has 0 aliphatic carbocycles. The van der Waals surface area contributed by atoms with Gasteiger partial charge in [0.2, 0.25) is 5.89 Å². The lowest BCUT2D eigenvalue weighted by Gasteiger charge is -2.01. The number of carboxylic acids is 1. The summed E-state index contributed by atoms with van der Waals surface area (Å²) in [6.45, 7) is 3.36. The summed E-state index contributed by atoms with van der Waals surface area (Å²) in [5.41, 5.74) is 1.95. The maximum atomic E-state index is 13.8. The Morgan fingerprint density at radius 1 is 1.24 bits per heavy atom. The molecule has 0 spiro atoms. The number of aromatic nitrogens is 1. The van der Waals surface area contributed by atoms with Gasteiger partial charge in [0.05, 0.1) is 0 Å². The van der Waals surface area contributed by atoms with Crippen molar-refractivity contribution in [3.05, 3.63) is 52.8 Å². The fourth-order valence-electron chi connectivity index (χ4n) is 2.20. The largest absolute Gasteiger partial charge is 0.478 e. The van der Waals surface area contributed by atoms with Crippen LogP contribution in [0, 0.1) is 19.7 Å². The lowest BCUT2D eigenvalue weighted by atomic mass is 10.1. The van der Waals surface area contributed by atoms with Crippen molar-refractivity contribution in [1.82, 2.24) is 4.98 Å². The highest BCUT2D eigenvalue weighted by molar-refractivity contribution is 6.02. The number of hydrogen-bond acceptors (Lipinski definition) is 3. The van der Waals surface area contributed by atoms with Gasteiger partial charge < -0.3 is 9.52 Å². The van der Waals surface area contributed by atoms with Crippen LogP contribution in [-0.4, -0.2) is 16.1 Å². The number of rotatable bonds is 2. The quantitative estimate of drug-likeness (QED) is 0.774. The molecule has 0 radical (unpaired) electrons. The summed E-state index contributed by atoms with van der Waals surface area (Å²) in [4.78, 5) is 15.5. The van der Waals surface area contributed by atoms with E-state index in [-0.39, 0.29) is 28.1 Å². The number of benzene rings is 2. The standard InChI is InChI=1S/C16H12FNO3/c1-8-3-5-10(6-4-8)15-18-12-7-11(17)9(2)13(16(19)20)14(12)21-15/h3-7H,1-2H3,(H,19,20). The Kier molecular flexibility index (Phi) is 2.97. The number of nitrogens with zero attached hydrogens (tertiary/aromatic N) is 1. The molecule has 0 saturated heterocycles. The Labute approximate surface area is 119 Å². The molecule has 3 aromatic rings. The highest BCUT2D eigenvalue weighted by atomic mass is 19.1. The molecule has 0 saturated carbocycles. The number of halogens is 1. The summed E-state index contributed by atoms with van der Waals surface area (Å²) in [7, 11) is 0. The van der Waals surface area contributed by atoms with Crippen LogP contribution in [0.3, 0.4) is 0 Å². The Morgan fingerprint density at radius 2 is 1.90 bits per heavy atom. The zero-order chi connectivity index (χ0) is 15.1. The first-order valence-electron chi connectivity index (χ1n) is 6.37. The Morgan fingerprint density at radius 3 is 2.52 bits per heavy atom. The molecule has 5 heteroatoms. The van der Waals surface area contributed by atoms with Crippen LogP contribution in [0.2, 0.25) is 0 Å². The van der Waals surface area contributed by atoms with Gasteiger partial charge in [-0.2, -0.15) is 0 Å². The zero-order valence-electron chi connectivity index (χ0n) is 11.5. The lowest BCUT2D eigenvalue weighted by molar-refractivity contribution is 0.0696. The fraction of sp³-hybridized carbons (Fsp3) is 0.125. The molecule has 1 aromatic heterocycles. The number of oxazole rings is 1. The third kappa shape index (κ3) is 2.16. The lowest BCUT2D eigenvalue weighted by Crippen LogP contribution is -2.02. The highest BCUT2D eigenvalue weighted by Crippen LogP contribution is 2.30. The van der Waals surface area contributed by atoms with E-state index in [9.17, 15) is 14.3 Å². The predicted molar refractivity (Wildman–Crippen MR) is 75.8 cm³/mol. The fourth-order valence-corrected chi connectivity index (χ4v) is 2.20. The summed E-state index contributed by atoms with van der Waals surface area (Å²) < 4.78 is 19.4. The van der Waals surface area contributed by atoms with E-state index in [2.05, 4.69) is 4.98 Å². The van der Waals surface area contributed by atoms with E-state index >= 15 is 0 Å². The molecule has 21 heavy (non-hydrogen) atoms. The van der Waals surface area contributed by atoms with E-state index in [1.165, 1.54) is 13.0 Å². The molecule has 1 heterocycles. The second-order valence-corrected chi connectivity index (χ2v) is 4.90. The minimum absolute atomic E-state index is 0.0432. The summed E-state index contributed by atoms with van der Waals surface area (Å²) in [6, 6.07) is 8.63. The molecule has 0 unspecified atom stereocenters. The van der Waals surface area contributed by atoms with Gasteiger partial charge in [-0.1, -0.05) is 17.7 Å². The average Bonchev–Trinajstić information content (AvgIpc) is 2.83. The minimum Gasteiger partial charge on any atom is -0.478 e. The van der Waals surface area contributed by atoms with Gasteiger partial charge in [-0.25, -0.2) is 14.2 Å². The predicted octanol–water partition coefficient (Wildman–Crippen LogP) is 3.95. The molecule has 2 aromatic carbocycles. The number of carbonyl (C=O) groups is 1. The molecule has 0 amide bonds. The summed E-state index contributed by atoms with van der Waals surface area (Å²) in [5.74, 6) is -1.57. The molecule has 3 rings (SSSR count). The topological polar surface area (TPSA) is 63.3 Å². The molecule has 0 bridgehead atoms. The van der Waals surface area contributed by atoms with E-state index in [1.807, 2.05) is 31.2 Å². The molecule has 4 nitrogen and oxygen atoms in total. The maximum absolute atomic E-state index is 13.8. The van der Waals surface area contributed by atoms with E-state index in [1.54, 1.807) is 0 Å². The molecule has 0 atom stereocenters. The van der Waals surface area contributed by atoms with Gasteiger partial charge >= 0.3 is 5.97 Å². The molecule has 0 aliphatic heterocycles. The average molecular weight is 285 g/mol. The molecule has 0 fully saturated rings. The van der Waals surface area contributed by atoms with Crippen LogP contribution in [0.4, 0.5) is 4.39 Å². The first-order valence-corrected chi connectivity index (χ1v) is 6.37. The third-order valence-corrected chi connectivity index (χ3v) is 3.39. The number of aromatic carboxylic acids is 1. The van der Waals surface area contributed by atoms with Gasteiger partial charge in [-0.3, -0.25) is 0 Å². The van der Waals surface area contributed by atoms with Gasteiger partial charge in [0.15, 0.2) is 5.58 Å². The van der Waals surface area contributed by atoms with Crippen LogP contribution in [0.25, 0.3) is 22.6 Å². The summed E-state index contributed by atoms with van der Waals surface area (Å²) in [5, 5.41) is 9.25. The molecule has 1 N–H and O–H groups in total. The van der Waals surface area contributed by atoms with Crippen molar-refractivity contribution in [1.29, 1.82) is 0 Å². The third-order valence-electron chi connectivity index (χ3n) is 3.39. The number of aryl methyl sites for hydroxylation is 1. The molecule has 106 valence electrons. The SMILES string of the molecule is Cc1ccc(-c2nc3cc(F)c(C)c(C(=O)O)c3o2)cc1. The van der Waals surface area contributed by atoms with E-state index in [0.717, 1.165) is 5.56 Å². The van der Waals surface area contributed by atoms with Crippen molar-refractivity contribution >= 4 is 17.1 Å². The van der Waals surface area contributed by atoms with E-state index < -0.39 is 11.8 Å². The monoisotopic (exact) mass is 285 g/mol. The van der Waals surface area contributed by atoms with Crippen molar-refractivity contribution < 1.29 is 18.7 Å². The van der Waals surface area contributed by atoms with Gasteiger partial charge in [-0.15, -0.1) is 0 Å². The van der Waals surface area contributed by atoms with E-state index in [4.69, 9.17) is 4.42 Å². The van der Waals surface area contributed by atoms with Crippen molar-refractivity contribution in [3.63, 3.8) is 0 Å². The smallest absolute Gasteiger partial charge is 0.339 e. The second kappa shape index (κ2) is 4.70. The molecule has 0 aliphatic rings. The van der Waals surface area contributed by atoms with Crippen LogP contribution >= 0.6 is 0 Å². The van der Waals surface area contributed by atoms with Crippen LogP contribution < -0.4 is 0 Å². The normalized spacial score (nSPS) is 11.0.